The summed E-state index contributed by atoms with van der Waals surface area (Å²) in [5.74, 6) is 0.179. The number of carbonyl (C=O) groups is 1. The number of carbonyl (C=O) groups excluding carboxylic acids is 1. The van der Waals surface area contributed by atoms with Gasteiger partial charge in [-0.1, -0.05) is 6.92 Å². The van der Waals surface area contributed by atoms with Gasteiger partial charge in [0.1, 0.15) is 5.60 Å². The average molecular weight is 306 g/mol. The molecule has 118 valence electrons. The monoisotopic (exact) mass is 306 g/mol. The van der Waals surface area contributed by atoms with Crippen LogP contribution < -0.4 is 4.72 Å². The molecule has 3 atom stereocenters. The van der Waals surface area contributed by atoms with Crippen molar-refractivity contribution < 1.29 is 17.9 Å². The highest BCUT2D eigenvalue weighted by Crippen LogP contribution is 2.25. The van der Waals surface area contributed by atoms with Gasteiger partial charge in [0, 0.05) is 18.6 Å². The first-order valence-corrected chi connectivity index (χ1v) is 8.77. The van der Waals surface area contributed by atoms with Crippen LogP contribution in [0.5, 0.6) is 0 Å². The molecule has 1 aliphatic rings. The van der Waals surface area contributed by atoms with Gasteiger partial charge in [-0.05, 0) is 40.0 Å². The molecule has 0 radical (unpaired) electrons. The number of nitrogens with one attached hydrogen (secondary N) is 1. The van der Waals surface area contributed by atoms with Crippen molar-refractivity contribution in [3.8, 4) is 0 Å². The van der Waals surface area contributed by atoms with Crippen LogP contribution in [-0.2, 0) is 14.8 Å². The predicted molar refractivity (Wildman–Crippen MR) is 78.0 cm³/mol. The molecule has 0 spiro atoms. The molecule has 1 amide bonds. The Kier molecular flexibility index (Phi) is 5.08. The van der Waals surface area contributed by atoms with Gasteiger partial charge in [0.15, 0.2) is 0 Å². The molecule has 1 fully saturated rings. The Morgan fingerprint density at radius 3 is 2.30 bits per heavy atom. The maximum absolute atomic E-state index is 12.2. The van der Waals surface area contributed by atoms with Crippen molar-refractivity contribution in [1.82, 2.24) is 9.62 Å². The van der Waals surface area contributed by atoms with E-state index in [1.165, 1.54) is 0 Å². The highest BCUT2D eigenvalue weighted by atomic mass is 32.2. The normalized spacial score (nSPS) is 28.3. The van der Waals surface area contributed by atoms with E-state index < -0.39 is 21.7 Å². The van der Waals surface area contributed by atoms with E-state index in [2.05, 4.69) is 4.72 Å². The van der Waals surface area contributed by atoms with Gasteiger partial charge in [-0.15, -0.1) is 0 Å². The summed E-state index contributed by atoms with van der Waals surface area (Å²) in [6, 6.07) is -0.519. The van der Waals surface area contributed by atoms with Gasteiger partial charge in [0.25, 0.3) is 0 Å². The summed E-state index contributed by atoms with van der Waals surface area (Å²) in [6.07, 6.45) is 1.49. The maximum Gasteiger partial charge on any atom is 0.410 e. The van der Waals surface area contributed by atoms with Crippen molar-refractivity contribution in [3.05, 3.63) is 0 Å². The highest BCUT2D eigenvalue weighted by molar-refractivity contribution is 7.88. The zero-order chi connectivity index (χ0) is 15.7. The molecule has 20 heavy (non-hydrogen) atoms. The lowest BCUT2D eigenvalue weighted by Gasteiger charge is -2.43. The molecule has 1 N–H and O–H groups in total. The fraction of sp³-hybridized carbons (Fsp3) is 0.923. The van der Waals surface area contributed by atoms with E-state index in [1.807, 2.05) is 34.6 Å². The van der Waals surface area contributed by atoms with E-state index in [-0.39, 0.29) is 18.0 Å². The molecule has 0 saturated carbocycles. The third-order valence-electron chi connectivity index (χ3n) is 3.43. The molecule has 0 aromatic rings. The second-order valence-electron chi connectivity index (χ2n) is 6.60. The van der Waals surface area contributed by atoms with Crippen molar-refractivity contribution in [1.29, 1.82) is 0 Å². The Balaban J connectivity index is 2.83. The predicted octanol–water partition coefficient (Wildman–Crippen LogP) is 1.57. The molecule has 1 rings (SSSR count). The first kappa shape index (κ1) is 17.2. The van der Waals surface area contributed by atoms with Crippen LogP contribution in [0.3, 0.4) is 0 Å². The van der Waals surface area contributed by atoms with E-state index in [0.29, 0.717) is 6.54 Å². The molecule has 0 bridgehead atoms. The van der Waals surface area contributed by atoms with Crippen LogP contribution in [0.4, 0.5) is 4.79 Å². The van der Waals surface area contributed by atoms with Gasteiger partial charge in [0.2, 0.25) is 10.0 Å². The standard InChI is InChI=1S/C13H26N2O4S/c1-9-7-8-15(12(16)19-13(3,4)5)10(2)11(9)14-20(6,17)18/h9-11,14H,7-8H2,1-6H3. The van der Waals surface area contributed by atoms with Gasteiger partial charge in [-0.3, -0.25) is 0 Å². The highest BCUT2D eigenvalue weighted by Gasteiger charge is 2.38. The quantitative estimate of drug-likeness (QED) is 0.840. The summed E-state index contributed by atoms with van der Waals surface area (Å²) in [5.41, 5.74) is -0.556. The number of likely N-dealkylation sites (tertiary alicyclic amines) is 1. The fourth-order valence-electron chi connectivity index (χ4n) is 2.44. The molecule has 1 aliphatic heterocycles. The second kappa shape index (κ2) is 5.89. The Bertz CT molecular complexity index is 455. The number of hydrogen-bond donors (Lipinski definition) is 1. The number of rotatable bonds is 2. The molecule has 7 heteroatoms. The largest absolute Gasteiger partial charge is 0.444 e. The Morgan fingerprint density at radius 1 is 1.30 bits per heavy atom. The molecule has 0 aromatic heterocycles. The number of ether oxygens (including phenoxy) is 1. The molecule has 6 nitrogen and oxygen atoms in total. The minimum Gasteiger partial charge on any atom is -0.444 e. The SMILES string of the molecule is CC1CCN(C(=O)OC(C)(C)C)C(C)C1NS(C)(=O)=O. The van der Waals surface area contributed by atoms with Crippen LogP contribution in [0.1, 0.15) is 41.0 Å². The van der Waals surface area contributed by atoms with E-state index in [4.69, 9.17) is 4.74 Å². The van der Waals surface area contributed by atoms with Crippen molar-refractivity contribution in [3.63, 3.8) is 0 Å². The molecular formula is C13H26N2O4S. The minimum absolute atomic E-state index is 0.179. The van der Waals surface area contributed by atoms with Crippen LogP contribution in [0.2, 0.25) is 0 Å². The van der Waals surface area contributed by atoms with Crippen LogP contribution in [-0.4, -0.2) is 49.9 Å². The summed E-state index contributed by atoms with van der Waals surface area (Å²) >= 11 is 0. The summed E-state index contributed by atoms with van der Waals surface area (Å²) < 4.78 is 30.9. The number of nitrogens with zero attached hydrogens (tertiary/aromatic N) is 1. The lowest BCUT2D eigenvalue weighted by Crippen LogP contribution is -2.59. The van der Waals surface area contributed by atoms with E-state index in [1.54, 1.807) is 4.90 Å². The number of sulfonamides is 1. The van der Waals surface area contributed by atoms with Gasteiger partial charge in [-0.25, -0.2) is 17.9 Å². The lowest BCUT2D eigenvalue weighted by molar-refractivity contribution is 0.00277. The topological polar surface area (TPSA) is 75.7 Å². The Morgan fingerprint density at radius 2 is 1.85 bits per heavy atom. The third kappa shape index (κ3) is 4.94. The molecular weight excluding hydrogens is 280 g/mol. The van der Waals surface area contributed by atoms with Crippen LogP contribution >= 0.6 is 0 Å². The smallest absolute Gasteiger partial charge is 0.410 e. The molecule has 1 saturated heterocycles. The van der Waals surface area contributed by atoms with Gasteiger partial charge in [-0.2, -0.15) is 0 Å². The van der Waals surface area contributed by atoms with Crippen molar-refractivity contribution in [2.24, 2.45) is 5.92 Å². The van der Waals surface area contributed by atoms with Crippen molar-refractivity contribution in [2.45, 2.75) is 58.7 Å². The zero-order valence-corrected chi connectivity index (χ0v) is 14.0. The number of amides is 1. The number of piperidine rings is 1. The van der Waals surface area contributed by atoms with Gasteiger partial charge in [0.05, 0.1) is 6.26 Å². The van der Waals surface area contributed by atoms with Gasteiger partial charge < -0.3 is 9.64 Å². The van der Waals surface area contributed by atoms with E-state index in [9.17, 15) is 13.2 Å². The first-order chi connectivity index (χ1) is 8.91. The Hall–Kier alpha value is -0.820. The molecule has 0 aliphatic carbocycles. The average Bonchev–Trinajstić information content (AvgIpc) is 2.20. The van der Waals surface area contributed by atoms with Crippen LogP contribution in [0, 0.1) is 5.92 Å². The number of hydrogen-bond acceptors (Lipinski definition) is 4. The van der Waals surface area contributed by atoms with Crippen LogP contribution in [0.25, 0.3) is 0 Å². The fourth-order valence-corrected chi connectivity index (χ4v) is 3.36. The summed E-state index contributed by atoms with van der Waals surface area (Å²) in [6.45, 7) is 9.87. The first-order valence-electron chi connectivity index (χ1n) is 6.87. The summed E-state index contributed by atoms with van der Waals surface area (Å²) in [7, 11) is -3.30. The van der Waals surface area contributed by atoms with Gasteiger partial charge >= 0.3 is 6.09 Å². The van der Waals surface area contributed by atoms with Crippen molar-refractivity contribution in [2.75, 3.05) is 12.8 Å². The molecule has 3 unspecified atom stereocenters. The van der Waals surface area contributed by atoms with Crippen LogP contribution in [0.15, 0.2) is 0 Å². The molecule has 0 aromatic carbocycles. The maximum atomic E-state index is 12.2. The van der Waals surface area contributed by atoms with E-state index in [0.717, 1.165) is 12.7 Å². The summed E-state index contributed by atoms with van der Waals surface area (Å²) in [4.78, 5) is 13.8. The summed E-state index contributed by atoms with van der Waals surface area (Å²) in [5, 5.41) is 0. The van der Waals surface area contributed by atoms with E-state index >= 15 is 0 Å². The molecule has 1 heterocycles. The Labute approximate surface area is 121 Å². The minimum atomic E-state index is -3.30. The van der Waals surface area contributed by atoms with Crippen molar-refractivity contribution >= 4 is 16.1 Å². The zero-order valence-electron chi connectivity index (χ0n) is 13.1. The lowest BCUT2D eigenvalue weighted by atomic mass is 9.88. The third-order valence-corrected chi connectivity index (χ3v) is 4.13. The second-order valence-corrected chi connectivity index (χ2v) is 8.38.